The first-order valence-corrected chi connectivity index (χ1v) is 9.99. The van der Waals surface area contributed by atoms with Gasteiger partial charge in [-0.05, 0) is 37.5 Å². The van der Waals surface area contributed by atoms with Crippen LogP contribution in [0.3, 0.4) is 0 Å². The second kappa shape index (κ2) is 5.83. The van der Waals surface area contributed by atoms with E-state index in [4.69, 9.17) is 0 Å². The first kappa shape index (κ1) is 17.4. The Labute approximate surface area is 147 Å². The number of nitrogens with one attached hydrogen (secondary N) is 2. The SMILES string of the molecule is CC1(C)[C@@]2(C)CC[C@]1(C(=O)NCC[NH+]1CCCCC1)[C@H](Br)C2=O. The monoisotopic (exact) mass is 385 g/mol. The minimum atomic E-state index is -0.587. The van der Waals surface area contributed by atoms with Gasteiger partial charge in [-0.3, -0.25) is 9.59 Å². The molecule has 23 heavy (non-hydrogen) atoms. The summed E-state index contributed by atoms with van der Waals surface area (Å²) in [5, 5.41) is 3.17. The Morgan fingerprint density at radius 3 is 2.43 bits per heavy atom. The first-order valence-electron chi connectivity index (χ1n) is 9.08. The van der Waals surface area contributed by atoms with Crippen LogP contribution in [0.1, 0.15) is 52.9 Å². The Bertz CT molecular complexity index is 515. The lowest BCUT2D eigenvalue weighted by atomic mass is 9.64. The molecule has 2 N–H and O–H groups in total. The number of rotatable bonds is 4. The summed E-state index contributed by atoms with van der Waals surface area (Å²) in [4.78, 5) is 27.0. The number of alkyl halides is 1. The Hall–Kier alpha value is -0.420. The number of hydrogen-bond acceptors (Lipinski definition) is 2. The summed E-state index contributed by atoms with van der Waals surface area (Å²) in [6, 6.07) is 0. The number of carbonyl (C=O) groups is 2. The summed E-state index contributed by atoms with van der Waals surface area (Å²) >= 11 is 3.58. The molecule has 130 valence electrons. The molecule has 0 unspecified atom stereocenters. The topological polar surface area (TPSA) is 50.6 Å². The van der Waals surface area contributed by atoms with Crippen molar-refractivity contribution in [2.75, 3.05) is 26.2 Å². The van der Waals surface area contributed by atoms with Gasteiger partial charge in [0, 0.05) is 5.41 Å². The van der Waals surface area contributed by atoms with Crippen LogP contribution in [0, 0.1) is 16.2 Å². The second-order valence-corrected chi connectivity index (χ2v) is 9.39. The van der Waals surface area contributed by atoms with Crippen molar-refractivity contribution in [1.82, 2.24) is 5.32 Å². The van der Waals surface area contributed by atoms with Crippen LogP contribution in [0.5, 0.6) is 0 Å². The number of piperidine rings is 1. The summed E-state index contributed by atoms with van der Waals surface area (Å²) in [7, 11) is 0. The lowest BCUT2D eigenvalue weighted by Crippen LogP contribution is -3.13. The predicted molar refractivity (Wildman–Crippen MR) is 93.7 cm³/mol. The van der Waals surface area contributed by atoms with Crippen molar-refractivity contribution in [3.05, 3.63) is 0 Å². The van der Waals surface area contributed by atoms with E-state index in [1.165, 1.54) is 32.4 Å². The van der Waals surface area contributed by atoms with Crippen molar-refractivity contribution in [2.45, 2.75) is 57.7 Å². The molecule has 3 aliphatic rings. The molecule has 3 fully saturated rings. The molecule has 2 saturated carbocycles. The van der Waals surface area contributed by atoms with Gasteiger partial charge in [-0.25, -0.2) is 0 Å². The van der Waals surface area contributed by atoms with Gasteiger partial charge in [0.2, 0.25) is 5.91 Å². The fraction of sp³-hybridized carbons (Fsp3) is 0.889. The van der Waals surface area contributed by atoms with E-state index >= 15 is 0 Å². The minimum absolute atomic E-state index is 0.0790. The standard InChI is InChI=1S/C18H29BrN2O2/c1-16(2)17(3)7-8-18(16,13(19)14(17)22)15(23)20-9-12-21-10-5-4-6-11-21/h13H,4-12H2,1-3H3,(H,20,23)/p+1/t13-,17+,18-/m1/s1. The third kappa shape index (κ3) is 2.25. The van der Waals surface area contributed by atoms with Crippen molar-refractivity contribution >= 4 is 27.6 Å². The zero-order chi connectivity index (χ0) is 16.9. The van der Waals surface area contributed by atoms with Gasteiger partial charge in [0.25, 0.3) is 0 Å². The van der Waals surface area contributed by atoms with Crippen LogP contribution >= 0.6 is 15.9 Å². The lowest BCUT2D eigenvalue weighted by molar-refractivity contribution is -0.903. The van der Waals surface area contributed by atoms with Crippen LogP contribution < -0.4 is 10.2 Å². The Morgan fingerprint density at radius 1 is 1.22 bits per heavy atom. The van der Waals surface area contributed by atoms with E-state index in [-0.39, 0.29) is 27.3 Å². The maximum Gasteiger partial charge on any atom is 0.228 e. The highest BCUT2D eigenvalue weighted by Crippen LogP contribution is 2.72. The second-order valence-electron chi connectivity index (χ2n) is 8.47. The molecule has 2 bridgehead atoms. The molecule has 4 nitrogen and oxygen atoms in total. The first-order chi connectivity index (χ1) is 10.8. The molecule has 1 saturated heterocycles. The van der Waals surface area contributed by atoms with Crippen molar-refractivity contribution in [1.29, 1.82) is 0 Å². The molecule has 2 aliphatic carbocycles. The molecule has 0 radical (unpaired) electrons. The molecule has 5 heteroatoms. The van der Waals surface area contributed by atoms with E-state index in [2.05, 4.69) is 35.1 Å². The molecule has 0 aromatic carbocycles. The molecular weight excluding hydrogens is 356 g/mol. The number of amides is 1. The van der Waals surface area contributed by atoms with Gasteiger partial charge < -0.3 is 10.2 Å². The van der Waals surface area contributed by atoms with Crippen LogP contribution in [-0.2, 0) is 9.59 Å². The number of Topliss-reactive ketones (excluding diaryl/α,β-unsaturated/α-hetero) is 1. The van der Waals surface area contributed by atoms with E-state index in [9.17, 15) is 9.59 Å². The van der Waals surface area contributed by atoms with E-state index < -0.39 is 5.41 Å². The fourth-order valence-corrected chi connectivity index (χ4v) is 6.78. The fourth-order valence-electron chi connectivity index (χ4n) is 5.27. The van der Waals surface area contributed by atoms with E-state index in [1.54, 1.807) is 4.90 Å². The number of fused-ring (bicyclic) bond motifs is 2. The summed E-state index contributed by atoms with van der Waals surface area (Å²) < 4.78 is 0. The minimum Gasteiger partial charge on any atom is -0.350 e. The summed E-state index contributed by atoms with van der Waals surface area (Å²) in [6.07, 6.45) is 5.58. The van der Waals surface area contributed by atoms with Gasteiger partial charge in [0.15, 0.2) is 5.78 Å². The van der Waals surface area contributed by atoms with E-state index in [0.29, 0.717) is 0 Å². The zero-order valence-electron chi connectivity index (χ0n) is 14.6. The quantitative estimate of drug-likeness (QED) is 0.717. The number of halogens is 1. The molecule has 3 atom stereocenters. The Morgan fingerprint density at radius 2 is 1.87 bits per heavy atom. The Kier molecular flexibility index (Phi) is 4.41. The number of hydrogen-bond donors (Lipinski definition) is 2. The summed E-state index contributed by atoms with van der Waals surface area (Å²) in [6.45, 7) is 10.4. The van der Waals surface area contributed by atoms with Crippen LogP contribution in [-0.4, -0.2) is 42.7 Å². The predicted octanol–water partition coefficient (Wildman–Crippen LogP) is 1.33. The zero-order valence-corrected chi connectivity index (χ0v) is 16.2. The maximum atomic E-state index is 13.1. The highest BCUT2D eigenvalue weighted by Gasteiger charge is 2.76. The number of carbonyl (C=O) groups excluding carboxylic acids is 2. The number of ketones is 1. The molecule has 3 rings (SSSR count). The summed E-state index contributed by atoms with van der Waals surface area (Å²) in [5.41, 5.74) is -1.26. The highest BCUT2D eigenvalue weighted by atomic mass is 79.9. The third-order valence-electron chi connectivity index (χ3n) is 7.45. The van der Waals surface area contributed by atoms with Crippen LogP contribution in [0.25, 0.3) is 0 Å². The maximum absolute atomic E-state index is 13.1. The number of likely N-dealkylation sites (tertiary alicyclic amines) is 1. The van der Waals surface area contributed by atoms with Crippen molar-refractivity contribution in [3.63, 3.8) is 0 Å². The van der Waals surface area contributed by atoms with Gasteiger partial charge >= 0.3 is 0 Å². The number of quaternary nitrogens is 1. The van der Waals surface area contributed by atoms with Crippen molar-refractivity contribution in [3.8, 4) is 0 Å². The van der Waals surface area contributed by atoms with E-state index in [0.717, 1.165) is 25.9 Å². The lowest BCUT2D eigenvalue weighted by Gasteiger charge is -2.39. The molecule has 1 amide bonds. The largest absolute Gasteiger partial charge is 0.350 e. The molecule has 0 aromatic rings. The van der Waals surface area contributed by atoms with Crippen LogP contribution in [0.2, 0.25) is 0 Å². The molecule has 0 aromatic heterocycles. The smallest absolute Gasteiger partial charge is 0.228 e. The highest BCUT2D eigenvalue weighted by molar-refractivity contribution is 9.10. The van der Waals surface area contributed by atoms with Crippen LogP contribution in [0.4, 0.5) is 0 Å². The molecule has 0 spiro atoms. The Balaban J connectivity index is 1.67. The molecule has 1 heterocycles. The van der Waals surface area contributed by atoms with Crippen molar-refractivity contribution in [2.24, 2.45) is 16.2 Å². The molecule has 1 aliphatic heterocycles. The van der Waals surface area contributed by atoms with Gasteiger partial charge in [-0.1, -0.05) is 36.7 Å². The van der Waals surface area contributed by atoms with Gasteiger partial charge in [0.1, 0.15) is 0 Å². The average Bonchev–Trinajstić information content (AvgIpc) is 2.80. The van der Waals surface area contributed by atoms with Crippen molar-refractivity contribution < 1.29 is 14.5 Å². The molecular formula is C18H30BrN2O2+. The van der Waals surface area contributed by atoms with Gasteiger partial charge in [0.05, 0.1) is 36.4 Å². The third-order valence-corrected chi connectivity index (χ3v) is 8.65. The van der Waals surface area contributed by atoms with E-state index in [1.807, 2.05) is 6.92 Å². The van der Waals surface area contributed by atoms with Gasteiger partial charge in [-0.2, -0.15) is 0 Å². The van der Waals surface area contributed by atoms with Crippen LogP contribution in [0.15, 0.2) is 0 Å². The normalized spacial score (nSPS) is 39.7. The van der Waals surface area contributed by atoms with Gasteiger partial charge in [-0.15, -0.1) is 0 Å². The summed E-state index contributed by atoms with van der Waals surface area (Å²) in [5.74, 6) is 0.293. The average molecular weight is 386 g/mol.